The summed E-state index contributed by atoms with van der Waals surface area (Å²) in [5.41, 5.74) is 1.88. The van der Waals surface area contributed by atoms with E-state index in [-0.39, 0.29) is 17.9 Å². The zero-order chi connectivity index (χ0) is 17.8. The second kappa shape index (κ2) is 8.00. The molecule has 1 aromatic rings. The van der Waals surface area contributed by atoms with Crippen molar-refractivity contribution in [2.75, 3.05) is 33.7 Å². The molecule has 2 aliphatic heterocycles. The second-order valence-electron chi connectivity index (χ2n) is 7.41. The van der Waals surface area contributed by atoms with Crippen LogP contribution in [0.1, 0.15) is 48.0 Å². The first-order valence-corrected chi connectivity index (χ1v) is 9.39. The summed E-state index contributed by atoms with van der Waals surface area (Å²) >= 11 is 0. The highest BCUT2D eigenvalue weighted by Crippen LogP contribution is 2.22. The van der Waals surface area contributed by atoms with Gasteiger partial charge < -0.3 is 9.80 Å². The molecule has 136 valence electrons. The summed E-state index contributed by atoms with van der Waals surface area (Å²) in [5, 5.41) is 0. The van der Waals surface area contributed by atoms with Crippen molar-refractivity contribution >= 4 is 11.8 Å². The maximum atomic E-state index is 12.7. The molecule has 2 saturated heterocycles. The van der Waals surface area contributed by atoms with Gasteiger partial charge in [0.15, 0.2) is 0 Å². The molecular formula is C20H29N3O2. The summed E-state index contributed by atoms with van der Waals surface area (Å²) in [7, 11) is 3.63. The maximum Gasteiger partial charge on any atom is 0.253 e. The van der Waals surface area contributed by atoms with Crippen molar-refractivity contribution in [2.45, 2.75) is 44.7 Å². The van der Waals surface area contributed by atoms with Crippen LogP contribution in [0.4, 0.5) is 0 Å². The molecular weight excluding hydrogens is 314 g/mol. The van der Waals surface area contributed by atoms with Crippen LogP contribution in [0.3, 0.4) is 0 Å². The van der Waals surface area contributed by atoms with Crippen LogP contribution < -0.4 is 0 Å². The predicted molar refractivity (Wildman–Crippen MR) is 98.3 cm³/mol. The largest absolute Gasteiger partial charge is 0.347 e. The second-order valence-corrected chi connectivity index (χ2v) is 7.41. The number of nitrogens with zero attached hydrogens (tertiary/aromatic N) is 3. The minimum Gasteiger partial charge on any atom is -0.347 e. The van der Waals surface area contributed by atoms with E-state index in [1.807, 2.05) is 37.2 Å². The lowest BCUT2D eigenvalue weighted by Gasteiger charge is -2.28. The van der Waals surface area contributed by atoms with Gasteiger partial charge in [-0.15, -0.1) is 0 Å². The molecule has 5 nitrogen and oxygen atoms in total. The summed E-state index contributed by atoms with van der Waals surface area (Å²) in [6.07, 6.45) is 5.40. The van der Waals surface area contributed by atoms with E-state index in [1.165, 1.54) is 6.42 Å². The number of carbonyl (C=O) groups is 2. The first kappa shape index (κ1) is 17.9. The highest BCUT2D eigenvalue weighted by molar-refractivity contribution is 5.94. The third kappa shape index (κ3) is 4.21. The smallest absolute Gasteiger partial charge is 0.253 e. The molecule has 2 heterocycles. The fraction of sp³-hybridized carbons (Fsp3) is 0.600. The number of carbonyl (C=O) groups excluding carboxylic acids is 2. The van der Waals surface area contributed by atoms with Crippen LogP contribution in [0.15, 0.2) is 24.3 Å². The van der Waals surface area contributed by atoms with E-state index in [1.54, 1.807) is 4.90 Å². The highest BCUT2D eigenvalue weighted by Gasteiger charge is 2.31. The number of rotatable bonds is 4. The van der Waals surface area contributed by atoms with Crippen LogP contribution in [0.2, 0.25) is 0 Å². The molecule has 2 amide bonds. The van der Waals surface area contributed by atoms with E-state index in [4.69, 9.17) is 0 Å². The van der Waals surface area contributed by atoms with Gasteiger partial charge in [0.25, 0.3) is 5.91 Å². The molecule has 2 fully saturated rings. The third-order valence-corrected chi connectivity index (χ3v) is 5.29. The number of hydrogen-bond donors (Lipinski definition) is 0. The Kier molecular flexibility index (Phi) is 5.74. The molecule has 5 heteroatoms. The Hall–Kier alpha value is -1.88. The number of likely N-dealkylation sites (tertiary alicyclic amines) is 2. The van der Waals surface area contributed by atoms with E-state index >= 15 is 0 Å². The van der Waals surface area contributed by atoms with Gasteiger partial charge >= 0.3 is 0 Å². The molecule has 0 N–H and O–H groups in total. The summed E-state index contributed by atoms with van der Waals surface area (Å²) in [4.78, 5) is 30.9. The van der Waals surface area contributed by atoms with Crippen LogP contribution in [-0.2, 0) is 11.3 Å². The molecule has 2 aliphatic rings. The molecule has 1 aromatic carbocycles. The van der Waals surface area contributed by atoms with Gasteiger partial charge in [-0.3, -0.25) is 14.5 Å². The zero-order valence-corrected chi connectivity index (χ0v) is 15.4. The molecule has 0 saturated carbocycles. The monoisotopic (exact) mass is 343 g/mol. The van der Waals surface area contributed by atoms with Gasteiger partial charge in [0.05, 0.1) is 6.04 Å². The number of hydrogen-bond acceptors (Lipinski definition) is 3. The van der Waals surface area contributed by atoms with E-state index in [9.17, 15) is 9.59 Å². The predicted octanol–water partition coefficient (Wildman–Crippen LogP) is 2.37. The highest BCUT2D eigenvalue weighted by atomic mass is 16.2. The lowest BCUT2D eigenvalue weighted by atomic mass is 10.1. The summed E-state index contributed by atoms with van der Waals surface area (Å²) < 4.78 is 0. The van der Waals surface area contributed by atoms with Crippen molar-refractivity contribution < 1.29 is 9.59 Å². The number of likely N-dealkylation sites (N-methyl/N-ethyl adjacent to an activating group) is 1. The quantitative estimate of drug-likeness (QED) is 0.843. The summed E-state index contributed by atoms with van der Waals surface area (Å²) in [5.74, 6) is 0.321. The topological polar surface area (TPSA) is 43.9 Å². The van der Waals surface area contributed by atoms with Crippen molar-refractivity contribution in [3.8, 4) is 0 Å². The van der Waals surface area contributed by atoms with E-state index in [0.29, 0.717) is 0 Å². The van der Waals surface area contributed by atoms with E-state index in [0.717, 1.165) is 63.0 Å². The van der Waals surface area contributed by atoms with Crippen LogP contribution in [0.5, 0.6) is 0 Å². The SMILES string of the molecule is CN(C)C(=O)C1CCCN1Cc1cccc(C(=O)N2CCCCC2)c1. The Balaban J connectivity index is 1.69. The van der Waals surface area contributed by atoms with Gasteiger partial charge in [-0.2, -0.15) is 0 Å². The Bertz CT molecular complexity index is 623. The van der Waals surface area contributed by atoms with Crippen molar-refractivity contribution in [1.82, 2.24) is 14.7 Å². The van der Waals surface area contributed by atoms with Crippen LogP contribution in [0, 0.1) is 0 Å². The number of benzene rings is 1. The Morgan fingerprint density at radius 2 is 1.84 bits per heavy atom. The average Bonchev–Trinajstić information content (AvgIpc) is 3.09. The first-order chi connectivity index (χ1) is 12.1. The van der Waals surface area contributed by atoms with Crippen LogP contribution in [0.25, 0.3) is 0 Å². The van der Waals surface area contributed by atoms with Gasteiger partial charge in [-0.1, -0.05) is 12.1 Å². The first-order valence-electron chi connectivity index (χ1n) is 9.39. The summed E-state index contributed by atoms with van der Waals surface area (Å²) in [6, 6.07) is 7.91. The number of amides is 2. The van der Waals surface area contributed by atoms with Gasteiger partial charge in [-0.05, 0) is 56.3 Å². The van der Waals surface area contributed by atoms with E-state index < -0.39 is 0 Å². The Morgan fingerprint density at radius 3 is 2.56 bits per heavy atom. The van der Waals surface area contributed by atoms with Crippen molar-refractivity contribution in [1.29, 1.82) is 0 Å². The standard InChI is InChI=1S/C20H29N3O2/c1-21(2)20(25)18-10-7-13-23(18)15-16-8-6-9-17(14-16)19(24)22-11-4-3-5-12-22/h6,8-9,14,18H,3-5,7,10-13,15H2,1-2H3. The molecule has 0 aliphatic carbocycles. The zero-order valence-electron chi connectivity index (χ0n) is 15.4. The molecule has 0 aromatic heterocycles. The van der Waals surface area contributed by atoms with Crippen molar-refractivity contribution in [3.63, 3.8) is 0 Å². The summed E-state index contributed by atoms with van der Waals surface area (Å²) in [6.45, 7) is 3.41. The lowest BCUT2D eigenvalue weighted by molar-refractivity contribution is -0.133. The Morgan fingerprint density at radius 1 is 1.08 bits per heavy atom. The maximum absolute atomic E-state index is 12.7. The minimum absolute atomic E-state index is 0.0311. The van der Waals surface area contributed by atoms with Crippen molar-refractivity contribution in [3.05, 3.63) is 35.4 Å². The molecule has 0 radical (unpaired) electrons. The lowest BCUT2D eigenvalue weighted by Crippen LogP contribution is -2.42. The molecule has 0 bridgehead atoms. The van der Waals surface area contributed by atoms with E-state index in [2.05, 4.69) is 11.0 Å². The third-order valence-electron chi connectivity index (χ3n) is 5.29. The molecule has 0 spiro atoms. The average molecular weight is 343 g/mol. The normalized spacial score (nSPS) is 21.4. The van der Waals surface area contributed by atoms with Crippen LogP contribution >= 0.6 is 0 Å². The fourth-order valence-electron chi connectivity index (χ4n) is 3.91. The molecule has 25 heavy (non-hydrogen) atoms. The van der Waals surface area contributed by atoms with Gasteiger partial charge in [0.2, 0.25) is 5.91 Å². The minimum atomic E-state index is -0.0311. The van der Waals surface area contributed by atoms with Gasteiger partial charge in [0.1, 0.15) is 0 Å². The van der Waals surface area contributed by atoms with Gasteiger partial charge in [0, 0.05) is 39.3 Å². The molecule has 3 rings (SSSR count). The number of piperidine rings is 1. The molecule has 1 atom stereocenters. The van der Waals surface area contributed by atoms with Crippen LogP contribution in [-0.4, -0.2) is 66.3 Å². The Labute approximate surface area is 150 Å². The van der Waals surface area contributed by atoms with Gasteiger partial charge in [-0.25, -0.2) is 0 Å². The van der Waals surface area contributed by atoms with Crippen molar-refractivity contribution in [2.24, 2.45) is 0 Å². The fourth-order valence-corrected chi connectivity index (χ4v) is 3.91. The molecule has 1 unspecified atom stereocenters.